The summed E-state index contributed by atoms with van der Waals surface area (Å²) in [6.07, 6.45) is -17.8. The van der Waals surface area contributed by atoms with Gasteiger partial charge in [-0.2, -0.15) is 10.5 Å². The largest absolute Gasteiger partial charge is 0.438 e. The average molecular weight is 1290 g/mol. The summed E-state index contributed by atoms with van der Waals surface area (Å²) < 4.78 is 41.0. The van der Waals surface area contributed by atoms with Crippen molar-refractivity contribution in [2.45, 2.75) is 111 Å². The molecule has 7 N–H and O–H groups in total. The Morgan fingerprint density at radius 1 is 0.538 bits per heavy atom. The molecule has 9 rings (SSSR count). The Hall–Kier alpha value is -8.57. The molecule has 0 amide bonds. The molecule has 0 spiro atoms. The van der Waals surface area contributed by atoms with Gasteiger partial charge in [-0.05, 0) is 39.8 Å². The minimum atomic E-state index is -4.65. The van der Waals surface area contributed by atoms with Crippen LogP contribution in [0.3, 0.4) is 0 Å². The summed E-state index contributed by atoms with van der Waals surface area (Å²) in [6, 6.07) is 44.9. The average Bonchev–Trinajstić information content (AvgIpc) is 0.658. The molecule has 93 heavy (non-hydrogen) atoms. The van der Waals surface area contributed by atoms with Crippen molar-refractivity contribution >= 4 is 49.2 Å². The highest BCUT2D eigenvalue weighted by atomic mass is 31.2. The topological polar surface area (TPSA) is 335 Å². The van der Waals surface area contributed by atoms with Gasteiger partial charge in [0.1, 0.15) is 30.5 Å². The molecule has 11 atom stereocenters. The monoisotopic (exact) mass is 1290 g/mol. The summed E-state index contributed by atoms with van der Waals surface area (Å²) in [5.74, 6) is -16.8. The van der Waals surface area contributed by atoms with E-state index in [2.05, 4.69) is 5.20 Å². The van der Waals surface area contributed by atoms with Gasteiger partial charge < -0.3 is 54.1 Å². The third kappa shape index (κ3) is 12.4. The molecule has 7 aromatic rings. The van der Waals surface area contributed by atoms with Crippen LogP contribution in [0.5, 0.6) is 0 Å². The highest BCUT2D eigenvalue weighted by Crippen LogP contribution is 2.61. The fourth-order valence-electron chi connectivity index (χ4n) is 11.8. The summed E-state index contributed by atoms with van der Waals surface area (Å²) in [5, 5.41) is 91.3. The summed E-state index contributed by atoms with van der Waals surface area (Å²) in [4.78, 5) is 120. The Balaban J connectivity index is 1.62. The number of ether oxygens (including phenoxy) is 4. The maximum atomic E-state index is 17.9. The predicted molar refractivity (Wildman–Crippen MR) is 334 cm³/mol. The lowest BCUT2D eigenvalue weighted by atomic mass is 9.56. The van der Waals surface area contributed by atoms with Crippen LogP contribution in [0.1, 0.15) is 107 Å². The van der Waals surface area contributed by atoms with Crippen LogP contribution in [0.2, 0.25) is 0 Å². The number of ketones is 6. The molecule has 0 aromatic heterocycles. The zero-order valence-electron chi connectivity index (χ0n) is 50.8. The van der Waals surface area contributed by atoms with E-state index in [0.29, 0.717) is 0 Å². The molecule has 7 aromatic carbocycles. The van der Waals surface area contributed by atoms with E-state index in [0.717, 1.165) is 72.8 Å². The lowest BCUT2D eigenvalue weighted by Gasteiger charge is -2.63. The van der Waals surface area contributed by atoms with Gasteiger partial charge in [0.05, 0.1) is 31.3 Å². The minimum absolute atomic E-state index is 0.408. The van der Waals surface area contributed by atoms with E-state index < -0.39 is 185 Å². The first-order valence-corrected chi connectivity index (χ1v) is 30.8. The van der Waals surface area contributed by atoms with Crippen LogP contribution < -0.4 is 5.20 Å². The molecule has 2 aliphatic rings. The molecule has 0 bridgehead atoms. The van der Waals surface area contributed by atoms with Crippen LogP contribution in [-0.2, 0) is 28.0 Å². The van der Waals surface area contributed by atoms with Gasteiger partial charge in [-0.25, -0.2) is 9.80 Å². The number of nitrogens with zero attached hydrogens (tertiary/aromatic N) is 2. The summed E-state index contributed by atoms with van der Waals surface area (Å²) in [5.41, 5.74) is -21.7. The van der Waals surface area contributed by atoms with Gasteiger partial charge in [-0.15, -0.1) is 0 Å². The number of aliphatic hydroxyl groups excluding tert-OH is 6. The maximum absolute atomic E-state index is 17.9. The number of carbonyl (C=O) groups excluding carboxylic acids is 7. The quantitative estimate of drug-likeness (QED) is 0.00696. The Morgan fingerprint density at radius 3 is 1.32 bits per heavy atom. The Bertz CT molecular complexity index is 3760. The van der Waals surface area contributed by atoms with E-state index in [1.807, 2.05) is 6.07 Å². The standard InChI is InChI=1S/C70H68N3O19P/c1-44(2)73(45(3)4)72-93(87-42-26-41-71)92-67(58(79)48-31-16-7-17-32-48)63(84)55(76)65(86)90-69(67,60(81)50-35-20-9-21-36-50)66(56(77)46-27-12-5-13-28-46,57(78)47-29-14-6-15-30-47)91-70(61(82)51-37-22-10-23-38-51)68(59(80)49-33-18-8-19-34-49,62(83)54(75)53(43-74)88-70)89-64(85)52-39-24-11-25-40-52/h5-25,27-40,44-45,53-55,62-63,65,72,74-76,83-84,86H,26,42-43H2,1-4H3/t53-,54-,55-,62+,63-,65-,67+,68-,69-,70+,93?/m1/s1. The summed E-state index contributed by atoms with van der Waals surface area (Å²) >= 11 is 0. The van der Waals surface area contributed by atoms with Gasteiger partial charge in [-0.1, -0.05) is 200 Å². The Kier molecular flexibility index (Phi) is 21.6. The van der Waals surface area contributed by atoms with Gasteiger partial charge in [0.15, 0.2) is 6.29 Å². The van der Waals surface area contributed by atoms with Crippen molar-refractivity contribution in [3.63, 3.8) is 0 Å². The summed E-state index contributed by atoms with van der Waals surface area (Å²) in [7, 11) is -3.36. The molecule has 0 saturated carbocycles. The number of Topliss-reactive ketones (excluding diaryl/α,β-unsaturated/α-hetero) is 6. The summed E-state index contributed by atoms with van der Waals surface area (Å²) in [6.45, 7) is 4.88. The van der Waals surface area contributed by atoms with Crippen molar-refractivity contribution in [3.8, 4) is 6.07 Å². The zero-order valence-corrected chi connectivity index (χ0v) is 51.7. The van der Waals surface area contributed by atoms with Crippen molar-refractivity contribution in [2.75, 3.05) is 13.2 Å². The van der Waals surface area contributed by atoms with E-state index in [1.54, 1.807) is 27.7 Å². The number of nitrogens with one attached hydrogen (secondary N) is 1. The van der Waals surface area contributed by atoms with Crippen LogP contribution in [0, 0.1) is 11.3 Å². The van der Waals surface area contributed by atoms with E-state index in [4.69, 9.17) is 28.0 Å². The second kappa shape index (κ2) is 29.2. The first-order valence-electron chi connectivity index (χ1n) is 29.6. The molecule has 482 valence electrons. The fourth-order valence-corrected chi connectivity index (χ4v) is 13.4. The second-order valence-corrected chi connectivity index (χ2v) is 23.6. The number of aliphatic hydroxyl groups is 6. The van der Waals surface area contributed by atoms with Crippen molar-refractivity contribution in [1.82, 2.24) is 10.2 Å². The first kappa shape index (κ1) is 68.8. The van der Waals surface area contributed by atoms with Crippen LogP contribution in [0.25, 0.3) is 0 Å². The number of benzene rings is 7. The molecule has 1 unspecified atom stereocenters. The normalized spacial score (nSPS) is 24.9. The third-order valence-electron chi connectivity index (χ3n) is 16.1. The second-order valence-electron chi connectivity index (χ2n) is 22.5. The predicted octanol–water partition coefficient (Wildman–Crippen LogP) is 6.79. The zero-order chi connectivity index (χ0) is 66.9. The van der Waals surface area contributed by atoms with Gasteiger partial charge in [0.2, 0.25) is 51.5 Å². The van der Waals surface area contributed by atoms with Crippen LogP contribution in [-0.4, -0.2) is 167 Å². The third-order valence-corrected chi connectivity index (χ3v) is 17.4. The molecule has 2 saturated heterocycles. The number of rotatable bonds is 27. The number of esters is 1. The van der Waals surface area contributed by atoms with Crippen molar-refractivity contribution < 1.29 is 92.2 Å². The fraction of sp³-hybridized carbons (Fsp3) is 0.286. The molecule has 23 heteroatoms. The molecule has 2 aliphatic heterocycles. The lowest BCUT2D eigenvalue weighted by molar-refractivity contribution is -0.399. The molecule has 0 aliphatic carbocycles. The van der Waals surface area contributed by atoms with E-state index in [-0.39, 0.29) is 0 Å². The molecular weight excluding hydrogens is 1220 g/mol. The highest BCUT2D eigenvalue weighted by Gasteiger charge is 2.88. The number of hydrazine groups is 1. The molecule has 2 fully saturated rings. The maximum Gasteiger partial charge on any atom is 0.339 e. The first-order chi connectivity index (χ1) is 44.6. The van der Waals surface area contributed by atoms with Crippen LogP contribution in [0.4, 0.5) is 0 Å². The molecule has 0 radical (unpaired) electrons. The van der Waals surface area contributed by atoms with E-state index in [1.165, 1.54) is 145 Å². The van der Waals surface area contributed by atoms with Gasteiger partial charge >= 0.3 is 5.97 Å². The smallest absolute Gasteiger partial charge is 0.339 e. The molecule has 22 nitrogen and oxygen atoms in total. The number of hydrogen-bond donors (Lipinski definition) is 7. The Labute approximate surface area is 536 Å². The van der Waals surface area contributed by atoms with E-state index >= 15 is 33.6 Å². The van der Waals surface area contributed by atoms with Crippen molar-refractivity contribution in [2.24, 2.45) is 0 Å². The minimum Gasteiger partial charge on any atom is -0.438 e. The molecule has 2 heterocycles. The SMILES string of the molecule is CC(C)N(NP(OCCC#N)O[C@@]1(C(=O)c2ccccc2)[C@H](O)[C@@H](O)[C@H](O)O[C@]1(C(=O)c1ccccc1)C(O[C@]1(C(=O)c2ccccc2)O[C@H](CO)[C@@H](O)[C@H](O)[C@]1(OC(=O)c1ccccc1)C(=O)c1ccccc1)(C(=O)c1ccccc1)C(=O)c1ccccc1)C(C)C. The lowest BCUT2D eigenvalue weighted by Crippen LogP contribution is -2.90. The highest BCUT2D eigenvalue weighted by molar-refractivity contribution is 7.45. The Morgan fingerprint density at radius 2 is 0.914 bits per heavy atom. The molecular formula is C70H68N3O19P. The number of hydrogen-bond acceptors (Lipinski definition) is 22. The van der Waals surface area contributed by atoms with Gasteiger partial charge in [0.25, 0.3) is 19.9 Å². The van der Waals surface area contributed by atoms with Crippen molar-refractivity contribution in [1.29, 1.82) is 5.26 Å². The van der Waals surface area contributed by atoms with Gasteiger partial charge in [-0.3, -0.25) is 33.3 Å². The van der Waals surface area contributed by atoms with E-state index in [9.17, 15) is 35.9 Å². The van der Waals surface area contributed by atoms with Crippen molar-refractivity contribution in [3.05, 3.63) is 251 Å². The van der Waals surface area contributed by atoms with Crippen LogP contribution in [0.15, 0.2) is 212 Å². The van der Waals surface area contributed by atoms with Crippen LogP contribution >= 0.6 is 8.53 Å². The van der Waals surface area contributed by atoms with Gasteiger partial charge in [0, 0.05) is 45.5 Å². The number of carbonyl (C=O) groups is 7. The number of nitriles is 1.